The molecule has 0 aliphatic carbocycles. The van der Waals surface area contributed by atoms with E-state index in [1.807, 2.05) is 0 Å². The number of piperazine rings is 1. The molecule has 1 aromatic rings. The molecule has 22 heavy (non-hydrogen) atoms. The molecule has 2 rings (SSSR count). The van der Waals surface area contributed by atoms with Gasteiger partial charge in [0.05, 0.1) is 23.8 Å². The number of primary amides is 1. The first-order valence-corrected chi connectivity index (χ1v) is 7.11. The number of rotatable bonds is 5. The van der Waals surface area contributed by atoms with Gasteiger partial charge >= 0.3 is 0 Å². The van der Waals surface area contributed by atoms with Crippen molar-refractivity contribution in [3.63, 3.8) is 0 Å². The number of ether oxygens (including phenoxy) is 1. The highest BCUT2D eigenvalue weighted by Crippen LogP contribution is 2.35. The van der Waals surface area contributed by atoms with E-state index in [1.165, 1.54) is 19.2 Å². The summed E-state index contributed by atoms with van der Waals surface area (Å²) < 4.78 is 5.27. The van der Waals surface area contributed by atoms with Crippen molar-refractivity contribution in [2.45, 2.75) is 6.92 Å². The van der Waals surface area contributed by atoms with Crippen molar-refractivity contribution >= 4 is 17.3 Å². The summed E-state index contributed by atoms with van der Waals surface area (Å²) in [6, 6.07) is 2.72. The van der Waals surface area contributed by atoms with E-state index in [-0.39, 0.29) is 11.3 Å². The van der Waals surface area contributed by atoms with E-state index in [1.54, 1.807) is 0 Å². The number of anilines is 1. The van der Waals surface area contributed by atoms with Crippen LogP contribution in [0.4, 0.5) is 11.4 Å². The zero-order chi connectivity index (χ0) is 16.3. The number of nitrogens with two attached hydrogens (primary N) is 1. The largest absolute Gasteiger partial charge is 0.494 e. The van der Waals surface area contributed by atoms with Gasteiger partial charge in [-0.05, 0) is 12.6 Å². The Hall–Kier alpha value is -2.35. The van der Waals surface area contributed by atoms with Crippen LogP contribution < -0.4 is 15.4 Å². The van der Waals surface area contributed by atoms with Crippen molar-refractivity contribution in [2.24, 2.45) is 5.73 Å². The summed E-state index contributed by atoms with van der Waals surface area (Å²) in [7, 11) is 1.45. The number of nitrogens with zero attached hydrogens (tertiary/aromatic N) is 3. The fraction of sp³-hybridized carbons (Fsp3) is 0.500. The number of carbonyl (C=O) groups excluding carboxylic acids is 1. The Kier molecular flexibility index (Phi) is 4.81. The summed E-state index contributed by atoms with van der Waals surface area (Å²) in [5.41, 5.74) is 5.51. The second kappa shape index (κ2) is 6.61. The zero-order valence-electron chi connectivity index (χ0n) is 12.7. The van der Waals surface area contributed by atoms with Crippen LogP contribution in [0.5, 0.6) is 5.75 Å². The Balaban J connectivity index is 2.40. The van der Waals surface area contributed by atoms with Crippen molar-refractivity contribution in [1.82, 2.24) is 4.90 Å². The molecule has 0 spiro atoms. The molecule has 0 bridgehead atoms. The molecule has 120 valence electrons. The minimum absolute atomic E-state index is 0.0984. The van der Waals surface area contributed by atoms with Gasteiger partial charge in [0.25, 0.3) is 11.6 Å². The smallest absolute Gasteiger partial charge is 0.285 e. The molecule has 1 fully saturated rings. The highest BCUT2D eigenvalue weighted by atomic mass is 16.6. The molecule has 1 aliphatic rings. The van der Waals surface area contributed by atoms with Gasteiger partial charge in [-0.15, -0.1) is 0 Å². The highest BCUT2D eigenvalue weighted by Gasteiger charge is 2.26. The third kappa shape index (κ3) is 3.11. The second-order valence-electron chi connectivity index (χ2n) is 5.08. The van der Waals surface area contributed by atoms with E-state index in [2.05, 4.69) is 16.7 Å². The van der Waals surface area contributed by atoms with Crippen molar-refractivity contribution in [1.29, 1.82) is 0 Å². The van der Waals surface area contributed by atoms with Gasteiger partial charge in [0.1, 0.15) is 11.3 Å². The molecule has 0 radical (unpaired) electrons. The predicted octanol–water partition coefficient (Wildman–Crippen LogP) is 0.844. The number of carbonyl (C=O) groups is 1. The molecule has 2 N–H and O–H groups in total. The number of hydrogen-bond acceptors (Lipinski definition) is 6. The summed E-state index contributed by atoms with van der Waals surface area (Å²) in [5.74, 6) is -0.440. The predicted molar refractivity (Wildman–Crippen MR) is 82.5 cm³/mol. The molecular formula is C14H20N4O4. The lowest BCUT2D eigenvalue weighted by atomic mass is 10.1. The molecule has 1 heterocycles. The minimum Gasteiger partial charge on any atom is -0.494 e. The third-order valence-corrected chi connectivity index (χ3v) is 3.92. The summed E-state index contributed by atoms with van der Waals surface area (Å²) in [4.78, 5) is 26.3. The van der Waals surface area contributed by atoms with Crippen LogP contribution in [0.1, 0.15) is 17.3 Å². The molecule has 1 amide bonds. The SMILES string of the molecule is CCN1CCN(c2cc(C(N)=O)c([N+](=O)[O-])cc2OC)CC1. The van der Waals surface area contributed by atoms with Crippen LogP contribution in [0.3, 0.4) is 0 Å². The maximum atomic E-state index is 11.5. The van der Waals surface area contributed by atoms with Crippen LogP contribution in [0, 0.1) is 10.1 Å². The zero-order valence-corrected chi connectivity index (χ0v) is 12.7. The first-order chi connectivity index (χ1) is 10.5. The number of likely N-dealkylation sites (N-methyl/N-ethyl adjacent to an activating group) is 1. The van der Waals surface area contributed by atoms with Gasteiger partial charge < -0.3 is 20.3 Å². The standard InChI is InChI=1S/C14H20N4O4/c1-3-16-4-6-17(7-5-16)12-8-10(14(15)19)11(18(20)21)9-13(12)22-2/h8-9H,3-7H2,1-2H3,(H2,15,19). The Morgan fingerprint density at radius 1 is 1.36 bits per heavy atom. The molecular weight excluding hydrogens is 288 g/mol. The number of nitro groups is 1. The topological polar surface area (TPSA) is 102 Å². The number of hydrogen-bond donors (Lipinski definition) is 1. The third-order valence-electron chi connectivity index (χ3n) is 3.92. The molecule has 8 heteroatoms. The summed E-state index contributed by atoms with van der Waals surface area (Å²) >= 11 is 0. The Morgan fingerprint density at radius 3 is 2.45 bits per heavy atom. The van der Waals surface area contributed by atoms with Crippen molar-refractivity contribution in [3.8, 4) is 5.75 Å². The van der Waals surface area contributed by atoms with Gasteiger partial charge in [-0.1, -0.05) is 6.92 Å². The van der Waals surface area contributed by atoms with Gasteiger partial charge in [-0.3, -0.25) is 14.9 Å². The maximum Gasteiger partial charge on any atom is 0.285 e. The quantitative estimate of drug-likeness (QED) is 0.639. The van der Waals surface area contributed by atoms with Crippen LogP contribution in [0.2, 0.25) is 0 Å². The number of methoxy groups -OCH3 is 1. The normalized spacial score (nSPS) is 15.6. The van der Waals surface area contributed by atoms with E-state index in [9.17, 15) is 14.9 Å². The summed E-state index contributed by atoms with van der Waals surface area (Å²) in [5, 5.41) is 11.1. The van der Waals surface area contributed by atoms with Crippen LogP contribution >= 0.6 is 0 Å². The van der Waals surface area contributed by atoms with E-state index >= 15 is 0 Å². The van der Waals surface area contributed by atoms with Crippen LogP contribution in [-0.2, 0) is 0 Å². The lowest BCUT2D eigenvalue weighted by Crippen LogP contribution is -2.46. The lowest BCUT2D eigenvalue weighted by molar-refractivity contribution is -0.385. The summed E-state index contributed by atoms with van der Waals surface area (Å²) in [6.07, 6.45) is 0. The van der Waals surface area contributed by atoms with Crippen molar-refractivity contribution in [3.05, 3.63) is 27.8 Å². The minimum atomic E-state index is -0.817. The Bertz CT molecular complexity index is 582. The second-order valence-corrected chi connectivity index (χ2v) is 5.08. The van der Waals surface area contributed by atoms with E-state index in [0.717, 1.165) is 32.7 Å². The van der Waals surface area contributed by atoms with Gasteiger partial charge in [0, 0.05) is 26.2 Å². The Labute approximate surface area is 128 Å². The maximum absolute atomic E-state index is 11.5. The van der Waals surface area contributed by atoms with Crippen LogP contribution in [0.25, 0.3) is 0 Å². The number of amides is 1. The molecule has 8 nitrogen and oxygen atoms in total. The van der Waals surface area contributed by atoms with Crippen LogP contribution in [-0.4, -0.2) is 55.6 Å². The molecule has 1 aliphatic heterocycles. The van der Waals surface area contributed by atoms with E-state index in [4.69, 9.17) is 10.5 Å². The van der Waals surface area contributed by atoms with Crippen molar-refractivity contribution in [2.75, 3.05) is 44.7 Å². The number of benzene rings is 1. The van der Waals surface area contributed by atoms with Crippen molar-refractivity contribution < 1.29 is 14.5 Å². The fourth-order valence-electron chi connectivity index (χ4n) is 2.62. The van der Waals surface area contributed by atoms with Crippen LogP contribution in [0.15, 0.2) is 12.1 Å². The molecule has 0 atom stereocenters. The fourth-order valence-corrected chi connectivity index (χ4v) is 2.62. The first kappa shape index (κ1) is 16.0. The molecule has 0 aromatic heterocycles. The molecule has 0 saturated carbocycles. The van der Waals surface area contributed by atoms with Gasteiger partial charge in [0.2, 0.25) is 0 Å². The monoisotopic (exact) mass is 308 g/mol. The van der Waals surface area contributed by atoms with E-state index < -0.39 is 10.8 Å². The highest BCUT2D eigenvalue weighted by molar-refractivity contribution is 5.98. The van der Waals surface area contributed by atoms with Gasteiger partial charge in [0.15, 0.2) is 0 Å². The Morgan fingerprint density at radius 2 is 2.00 bits per heavy atom. The average Bonchev–Trinajstić information content (AvgIpc) is 2.53. The average molecular weight is 308 g/mol. The number of nitro benzene ring substituents is 1. The van der Waals surface area contributed by atoms with Gasteiger partial charge in [-0.25, -0.2) is 0 Å². The summed E-state index contributed by atoms with van der Waals surface area (Å²) in [6.45, 7) is 6.40. The van der Waals surface area contributed by atoms with Gasteiger partial charge in [-0.2, -0.15) is 0 Å². The van der Waals surface area contributed by atoms with E-state index in [0.29, 0.717) is 11.4 Å². The molecule has 1 saturated heterocycles. The molecule has 0 unspecified atom stereocenters. The molecule has 1 aromatic carbocycles. The first-order valence-electron chi connectivity index (χ1n) is 7.11. The lowest BCUT2D eigenvalue weighted by Gasteiger charge is -2.36.